The Hall–Kier alpha value is -2.47. The Balaban J connectivity index is 1.50. The summed E-state index contributed by atoms with van der Waals surface area (Å²) < 4.78 is 5.29. The maximum Gasteiger partial charge on any atom is 0.353 e. The highest BCUT2D eigenvalue weighted by atomic mass is 32.1. The summed E-state index contributed by atoms with van der Waals surface area (Å²) in [5, 5.41) is 5.85. The molecule has 1 heterocycles. The first-order valence-corrected chi connectivity index (χ1v) is 9.29. The van der Waals surface area contributed by atoms with Crippen molar-refractivity contribution in [1.29, 1.82) is 0 Å². The van der Waals surface area contributed by atoms with E-state index in [-0.39, 0.29) is 17.8 Å². The van der Waals surface area contributed by atoms with Crippen LogP contribution in [0.1, 0.15) is 47.3 Å². The number of ether oxygens (including phenoxy) is 1. The van der Waals surface area contributed by atoms with E-state index in [9.17, 15) is 9.59 Å². The fourth-order valence-corrected chi connectivity index (χ4v) is 3.40. The van der Waals surface area contributed by atoms with Crippen LogP contribution in [0.25, 0.3) is 0 Å². The van der Waals surface area contributed by atoms with Crippen molar-refractivity contribution in [3.05, 3.63) is 52.2 Å². The van der Waals surface area contributed by atoms with Gasteiger partial charge in [0.1, 0.15) is 10.6 Å². The van der Waals surface area contributed by atoms with Crippen LogP contribution in [0.3, 0.4) is 0 Å². The van der Waals surface area contributed by atoms with Crippen LogP contribution in [0.15, 0.2) is 46.9 Å². The number of rotatable bonds is 5. The highest BCUT2D eigenvalue weighted by Crippen LogP contribution is 2.23. The van der Waals surface area contributed by atoms with Crippen LogP contribution in [-0.2, 0) is 4.79 Å². The van der Waals surface area contributed by atoms with E-state index in [2.05, 4.69) is 10.5 Å². The predicted molar refractivity (Wildman–Crippen MR) is 98.0 cm³/mol. The molecule has 0 radical (unpaired) electrons. The summed E-state index contributed by atoms with van der Waals surface area (Å²) in [4.78, 5) is 24.4. The monoisotopic (exact) mass is 356 g/mol. The minimum absolute atomic E-state index is 0.00236. The molecule has 6 heteroatoms. The van der Waals surface area contributed by atoms with Crippen LogP contribution in [0.4, 0.5) is 0 Å². The molecule has 0 atom stereocenters. The summed E-state index contributed by atoms with van der Waals surface area (Å²) in [6, 6.07) is 10.5. The van der Waals surface area contributed by atoms with Gasteiger partial charge in [-0.2, -0.15) is 5.10 Å². The molecule has 0 aliphatic heterocycles. The van der Waals surface area contributed by atoms with E-state index >= 15 is 0 Å². The van der Waals surface area contributed by atoms with Crippen LogP contribution in [-0.4, -0.2) is 18.1 Å². The predicted octanol–water partition coefficient (Wildman–Crippen LogP) is 4.00. The zero-order valence-electron chi connectivity index (χ0n) is 13.8. The van der Waals surface area contributed by atoms with Crippen LogP contribution in [0, 0.1) is 5.92 Å². The lowest BCUT2D eigenvalue weighted by Gasteiger charge is -2.19. The Morgan fingerprint density at radius 1 is 1.12 bits per heavy atom. The van der Waals surface area contributed by atoms with Crippen molar-refractivity contribution in [2.45, 2.75) is 32.1 Å². The molecule has 1 N–H and O–H groups in total. The maximum atomic E-state index is 12.0. The second-order valence-electron chi connectivity index (χ2n) is 6.01. The van der Waals surface area contributed by atoms with Gasteiger partial charge in [-0.3, -0.25) is 4.79 Å². The molecule has 1 aromatic carbocycles. The van der Waals surface area contributed by atoms with Crippen molar-refractivity contribution in [2.75, 3.05) is 0 Å². The van der Waals surface area contributed by atoms with Crippen LogP contribution < -0.4 is 10.2 Å². The second kappa shape index (κ2) is 8.58. The van der Waals surface area contributed by atoms with Gasteiger partial charge >= 0.3 is 5.97 Å². The lowest BCUT2D eigenvalue weighted by molar-refractivity contribution is -0.125. The lowest BCUT2D eigenvalue weighted by atomic mass is 9.89. The number of carbonyl (C=O) groups excluding carboxylic acids is 2. The molecule has 0 spiro atoms. The van der Waals surface area contributed by atoms with Crippen molar-refractivity contribution in [1.82, 2.24) is 5.43 Å². The molecular weight excluding hydrogens is 336 g/mol. The standard InChI is InChI=1S/C19H20N2O3S/c22-18(15-5-2-1-3-6-15)21-20-13-14-8-10-16(11-9-14)24-19(23)17-7-4-12-25-17/h4,7-13,15H,1-3,5-6H2,(H,21,22)/b20-13+. The van der Waals surface area contributed by atoms with Gasteiger partial charge in [0, 0.05) is 5.92 Å². The number of nitrogens with one attached hydrogen (secondary N) is 1. The fourth-order valence-electron chi connectivity index (χ4n) is 2.80. The zero-order chi connectivity index (χ0) is 17.5. The van der Waals surface area contributed by atoms with E-state index in [0.29, 0.717) is 10.6 Å². The average Bonchev–Trinajstić information content (AvgIpc) is 3.19. The molecule has 1 amide bonds. The van der Waals surface area contributed by atoms with Gasteiger partial charge in [0.25, 0.3) is 0 Å². The number of carbonyl (C=O) groups is 2. The molecule has 0 saturated heterocycles. The van der Waals surface area contributed by atoms with E-state index in [0.717, 1.165) is 31.2 Å². The van der Waals surface area contributed by atoms with E-state index in [4.69, 9.17) is 4.74 Å². The Morgan fingerprint density at radius 3 is 2.56 bits per heavy atom. The molecule has 130 valence electrons. The molecule has 1 saturated carbocycles. The summed E-state index contributed by atoms with van der Waals surface area (Å²) in [6.07, 6.45) is 6.94. The SMILES string of the molecule is O=C(Oc1ccc(/C=N/NC(=O)C2CCCCC2)cc1)c1cccs1. The van der Waals surface area contributed by atoms with Crippen molar-refractivity contribution in [3.8, 4) is 5.75 Å². The van der Waals surface area contributed by atoms with Crippen LogP contribution in [0.5, 0.6) is 5.75 Å². The van der Waals surface area contributed by atoms with E-state index in [1.165, 1.54) is 17.8 Å². The van der Waals surface area contributed by atoms with Crippen LogP contribution in [0.2, 0.25) is 0 Å². The van der Waals surface area contributed by atoms with Crippen molar-refractivity contribution in [3.63, 3.8) is 0 Å². The van der Waals surface area contributed by atoms with Gasteiger partial charge in [-0.1, -0.05) is 25.3 Å². The minimum atomic E-state index is -0.365. The lowest BCUT2D eigenvalue weighted by Crippen LogP contribution is -2.28. The summed E-state index contributed by atoms with van der Waals surface area (Å²) in [5.74, 6) is 0.195. The van der Waals surface area contributed by atoms with Gasteiger partial charge in [-0.05, 0) is 54.1 Å². The summed E-state index contributed by atoms with van der Waals surface area (Å²) in [5.41, 5.74) is 3.43. The van der Waals surface area contributed by atoms with Crippen molar-refractivity contribution < 1.29 is 14.3 Å². The third-order valence-corrected chi connectivity index (χ3v) is 5.03. The number of benzene rings is 1. The first-order valence-electron chi connectivity index (χ1n) is 8.41. The highest BCUT2D eigenvalue weighted by Gasteiger charge is 2.20. The largest absolute Gasteiger partial charge is 0.422 e. The normalized spacial score (nSPS) is 15.2. The van der Waals surface area contributed by atoms with Gasteiger partial charge < -0.3 is 4.74 Å². The molecule has 0 bridgehead atoms. The number of thiophene rings is 1. The van der Waals surface area contributed by atoms with Gasteiger partial charge in [0.15, 0.2) is 0 Å². The minimum Gasteiger partial charge on any atom is -0.422 e. The number of esters is 1. The average molecular weight is 356 g/mol. The van der Waals surface area contributed by atoms with Gasteiger partial charge in [-0.25, -0.2) is 10.2 Å². The van der Waals surface area contributed by atoms with E-state index in [1.54, 1.807) is 36.5 Å². The molecule has 1 fully saturated rings. The summed E-state index contributed by atoms with van der Waals surface area (Å²) in [6.45, 7) is 0. The molecule has 1 aliphatic rings. The fraction of sp³-hybridized carbons (Fsp3) is 0.316. The molecule has 1 aromatic heterocycles. The molecule has 5 nitrogen and oxygen atoms in total. The van der Waals surface area contributed by atoms with Gasteiger partial charge in [0.2, 0.25) is 5.91 Å². The number of amides is 1. The molecule has 1 aliphatic carbocycles. The summed E-state index contributed by atoms with van der Waals surface area (Å²) >= 11 is 1.34. The first-order chi connectivity index (χ1) is 12.2. The Labute approximate surface area is 150 Å². The van der Waals surface area contributed by atoms with Crippen molar-refractivity contribution >= 4 is 29.4 Å². The second-order valence-corrected chi connectivity index (χ2v) is 6.95. The Morgan fingerprint density at radius 2 is 1.88 bits per heavy atom. The number of hydrogen-bond donors (Lipinski definition) is 1. The number of hydrogen-bond acceptors (Lipinski definition) is 5. The topological polar surface area (TPSA) is 67.8 Å². The van der Waals surface area contributed by atoms with E-state index in [1.807, 2.05) is 11.4 Å². The van der Waals surface area contributed by atoms with E-state index < -0.39 is 0 Å². The smallest absolute Gasteiger partial charge is 0.353 e. The van der Waals surface area contributed by atoms with Crippen LogP contribution >= 0.6 is 11.3 Å². The Bertz CT molecular complexity index is 733. The first kappa shape index (κ1) is 17.4. The quantitative estimate of drug-likeness (QED) is 0.381. The molecule has 3 rings (SSSR count). The highest BCUT2D eigenvalue weighted by molar-refractivity contribution is 7.12. The van der Waals surface area contributed by atoms with Gasteiger partial charge in [0.05, 0.1) is 6.21 Å². The van der Waals surface area contributed by atoms with Crippen molar-refractivity contribution in [2.24, 2.45) is 11.0 Å². The maximum absolute atomic E-state index is 12.0. The molecular formula is C19H20N2O3S. The summed E-state index contributed by atoms with van der Waals surface area (Å²) in [7, 11) is 0. The molecule has 2 aromatic rings. The third-order valence-electron chi connectivity index (χ3n) is 4.18. The zero-order valence-corrected chi connectivity index (χ0v) is 14.6. The third kappa shape index (κ3) is 5.00. The Kier molecular flexibility index (Phi) is 5.95. The molecule has 0 unspecified atom stereocenters. The molecule has 25 heavy (non-hydrogen) atoms. The number of nitrogens with zero attached hydrogens (tertiary/aromatic N) is 1. The number of hydrazone groups is 1. The van der Waals surface area contributed by atoms with Gasteiger partial charge in [-0.15, -0.1) is 11.3 Å².